The van der Waals surface area contributed by atoms with Crippen LogP contribution in [0.2, 0.25) is 0 Å². The smallest absolute Gasteiger partial charge is 0.256 e. The predicted octanol–water partition coefficient (Wildman–Crippen LogP) is 3.73. The Labute approximate surface area is 146 Å². The van der Waals surface area contributed by atoms with Gasteiger partial charge in [-0.2, -0.15) is 10.2 Å². The molecular weight excluding hydrogens is 314 g/mol. The van der Waals surface area contributed by atoms with E-state index < -0.39 is 0 Å². The van der Waals surface area contributed by atoms with Crippen LogP contribution in [0.5, 0.6) is 0 Å². The highest BCUT2D eigenvalue weighted by Gasteiger charge is 2.21. The average molecular weight is 335 g/mol. The number of aromatic amines is 1. The van der Waals surface area contributed by atoms with E-state index >= 15 is 0 Å². The van der Waals surface area contributed by atoms with E-state index in [-0.39, 0.29) is 5.91 Å². The molecule has 0 spiro atoms. The molecule has 2 heterocycles. The molecule has 2 aromatic heterocycles. The van der Waals surface area contributed by atoms with Crippen molar-refractivity contribution in [2.24, 2.45) is 0 Å². The van der Waals surface area contributed by atoms with Crippen LogP contribution in [-0.2, 0) is 0 Å². The van der Waals surface area contributed by atoms with Crippen LogP contribution in [0.1, 0.15) is 52.6 Å². The summed E-state index contributed by atoms with van der Waals surface area (Å²) in [5.74, 6) is 0.985. The van der Waals surface area contributed by atoms with E-state index in [9.17, 15) is 4.79 Å². The number of rotatable bonds is 4. The zero-order valence-corrected chi connectivity index (χ0v) is 14.4. The van der Waals surface area contributed by atoms with Crippen LogP contribution in [0.15, 0.2) is 36.4 Å². The number of aryl methyl sites for hydroxylation is 2. The molecular formula is C19H21N5O. The molecule has 0 aliphatic heterocycles. The Bertz CT molecular complexity index is 902. The number of benzene rings is 1. The Morgan fingerprint density at radius 1 is 1.20 bits per heavy atom. The van der Waals surface area contributed by atoms with Gasteiger partial charge in [-0.1, -0.05) is 6.42 Å². The number of nitrogens with zero attached hydrogens (tertiary/aromatic N) is 3. The Morgan fingerprint density at radius 2 is 1.96 bits per heavy atom. The number of hydrogen-bond donors (Lipinski definition) is 2. The van der Waals surface area contributed by atoms with Crippen molar-refractivity contribution in [1.29, 1.82) is 0 Å². The number of carbonyl (C=O) groups excluding carboxylic acids is 1. The number of amides is 1. The summed E-state index contributed by atoms with van der Waals surface area (Å²) in [6, 6.07) is 11.4. The third-order valence-corrected chi connectivity index (χ3v) is 4.77. The highest BCUT2D eigenvalue weighted by molar-refractivity contribution is 6.03. The summed E-state index contributed by atoms with van der Waals surface area (Å²) in [6.45, 7) is 3.98. The van der Waals surface area contributed by atoms with Crippen LogP contribution in [-0.4, -0.2) is 25.9 Å². The quantitative estimate of drug-likeness (QED) is 0.763. The van der Waals surface area contributed by atoms with Gasteiger partial charge >= 0.3 is 0 Å². The van der Waals surface area contributed by atoms with Crippen molar-refractivity contribution in [2.75, 3.05) is 5.32 Å². The molecule has 1 aromatic carbocycles. The van der Waals surface area contributed by atoms with Crippen LogP contribution in [0.3, 0.4) is 0 Å². The second-order valence-corrected chi connectivity index (χ2v) is 6.68. The van der Waals surface area contributed by atoms with E-state index in [0.717, 1.165) is 22.8 Å². The number of nitrogens with one attached hydrogen (secondary N) is 2. The lowest BCUT2D eigenvalue weighted by molar-refractivity contribution is 0.102. The maximum absolute atomic E-state index is 12.4. The molecule has 4 rings (SSSR count). The Balaban J connectivity index is 1.47. The topological polar surface area (TPSA) is 75.6 Å². The molecule has 25 heavy (non-hydrogen) atoms. The molecule has 1 aliphatic rings. The molecule has 2 N–H and O–H groups in total. The monoisotopic (exact) mass is 335 g/mol. The number of H-pyrrole nitrogens is 1. The van der Waals surface area contributed by atoms with Crippen LogP contribution >= 0.6 is 0 Å². The molecule has 1 amide bonds. The number of anilines is 1. The molecule has 1 fully saturated rings. The summed E-state index contributed by atoms with van der Waals surface area (Å²) in [6.07, 6.45) is 3.67. The predicted molar refractivity (Wildman–Crippen MR) is 96.2 cm³/mol. The summed E-state index contributed by atoms with van der Waals surface area (Å²) < 4.78 is 1.87. The zero-order valence-electron chi connectivity index (χ0n) is 14.4. The van der Waals surface area contributed by atoms with Gasteiger partial charge in [0.25, 0.3) is 5.91 Å². The molecule has 1 saturated carbocycles. The minimum Gasteiger partial charge on any atom is -0.305 e. The van der Waals surface area contributed by atoms with Gasteiger partial charge in [0.15, 0.2) is 5.82 Å². The van der Waals surface area contributed by atoms with Gasteiger partial charge in [-0.3, -0.25) is 9.89 Å². The molecule has 0 unspecified atom stereocenters. The van der Waals surface area contributed by atoms with Crippen LogP contribution in [0, 0.1) is 13.8 Å². The summed E-state index contributed by atoms with van der Waals surface area (Å²) in [7, 11) is 0. The maximum Gasteiger partial charge on any atom is 0.256 e. The van der Waals surface area contributed by atoms with E-state index in [1.807, 2.05) is 42.8 Å². The first-order valence-electron chi connectivity index (χ1n) is 8.60. The first-order chi connectivity index (χ1) is 12.1. The zero-order chi connectivity index (χ0) is 17.4. The van der Waals surface area contributed by atoms with Crippen LogP contribution in [0.25, 0.3) is 5.69 Å². The summed E-state index contributed by atoms with van der Waals surface area (Å²) in [4.78, 5) is 12.4. The second kappa shape index (κ2) is 6.20. The van der Waals surface area contributed by atoms with Crippen molar-refractivity contribution in [1.82, 2.24) is 20.0 Å². The van der Waals surface area contributed by atoms with Crippen molar-refractivity contribution in [3.8, 4) is 5.69 Å². The summed E-state index contributed by atoms with van der Waals surface area (Å²) in [5.41, 5.74) is 4.68. The number of hydrogen-bond acceptors (Lipinski definition) is 3. The maximum atomic E-state index is 12.4. The lowest BCUT2D eigenvalue weighted by Crippen LogP contribution is -2.12. The Hall–Kier alpha value is -2.89. The molecule has 6 heteroatoms. The van der Waals surface area contributed by atoms with Gasteiger partial charge in [0.05, 0.1) is 11.4 Å². The molecule has 3 aromatic rings. The van der Waals surface area contributed by atoms with Crippen molar-refractivity contribution in [3.05, 3.63) is 59.0 Å². The fourth-order valence-electron chi connectivity index (χ4n) is 3.16. The van der Waals surface area contributed by atoms with Gasteiger partial charge in [-0.25, -0.2) is 4.68 Å². The Morgan fingerprint density at radius 3 is 2.56 bits per heavy atom. The lowest BCUT2D eigenvalue weighted by Gasteiger charge is -2.23. The van der Waals surface area contributed by atoms with E-state index in [1.54, 1.807) is 12.1 Å². The highest BCUT2D eigenvalue weighted by atomic mass is 16.1. The normalized spacial score (nSPS) is 14.3. The van der Waals surface area contributed by atoms with Crippen LogP contribution < -0.4 is 5.32 Å². The fourth-order valence-corrected chi connectivity index (χ4v) is 3.16. The lowest BCUT2D eigenvalue weighted by atomic mass is 9.83. The minimum atomic E-state index is -0.161. The Kier molecular flexibility index (Phi) is 3.87. The third kappa shape index (κ3) is 3.07. The molecule has 1 aliphatic carbocycles. The third-order valence-electron chi connectivity index (χ3n) is 4.77. The van der Waals surface area contributed by atoms with Gasteiger partial charge in [-0.15, -0.1) is 0 Å². The average Bonchev–Trinajstić information content (AvgIpc) is 3.12. The SMILES string of the molecule is Cc1cc(C)n(-c2ccc(C(=O)Nc3cc(C4CCC4)[nH]n3)cc2)n1. The van der Waals surface area contributed by atoms with E-state index in [0.29, 0.717) is 17.3 Å². The summed E-state index contributed by atoms with van der Waals surface area (Å²) in [5, 5.41) is 14.5. The first kappa shape index (κ1) is 15.6. The molecule has 0 radical (unpaired) electrons. The molecule has 128 valence electrons. The van der Waals surface area contributed by atoms with Crippen molar-refractivity contribution in [2.45, 2.75) is 39.0 Å². The highest BCUT2D eigenvalue weighted by Crippen LogP contribution is 2.35. The van der Waals surface area contributed by atoms with Gasteiger partial charge in [0, 0.05) is 28.9 Å². The number of aromatic nitrogens is 4. The molecule has 0 atom stereocenters. The van der Waals surface area contributed by atoms with E-state index in [2.05, 4.69) is 20.6 Å². The molecule has 0 saturated heterocycles. The number of carbonyl (C=O) groups is 1. The van der Waals surface area contributed by atoms with E-state index in [1.165, 1.54) is 19.3 Å². The van der Waals surface area contributed by atoms with Gasteiger partial charge in [-0.05, 0) is 57.0 Å². The van der Waals surface area contributed by atoms with Crippen molar-refractivity contribution < 1.29 is 4.79 Å². The minimum absolute atomic E-state index is 0.161. The van der Waals surface area contributed by atoms with Gasteiger partial charge in [0.2, 0.25) is 0 Å². The van der Waals surface area contributed by atoms with Crippen molar-refractivity contribution >= 4 is 11.7 Å². The second-order valence-electron chi connectivity index (χ2n) is 6.68. The first-order valence-corrected chi connectivity index (χ1v) is 8.60. The van der Waals surface area contributed by atoms with E-state index in [4.69, 9.17) is 0 Å². The van der Waals surface area contributed by atoms with Crippen LogP contribution in [0.4, 0.5) is 5.82 Å². The van der Waals surface area contributed by atoms with Crippen molar-refractivity contribution in [3.63, 3.8) is 0 Å². The summed E-state index contributed by atoms with van der Waals surface area (Å²) >= 11 is 0. The molecule has 0 bridgehead atoms. The van der Waals surface area contributed by atoms with Gasteiger partial charge in [0.1, 0.15) is 0 Å². The standard InChI is InChI=1S/C19H21N5O/c1-12-10-13(2)24(23-12)16-8-6-15(7-9-16)19(25)20-18-11-17(21-22-18)14-4-3-5-14/h6-11,14H,3-5H2,1-2H3,(H2,20,21,22,25). The molecule has 6 nitrogen and oxygen atoms in total. The van der Waals surface area contributed by atoms with Gasteiger partial charge < -0.3 is 5.32 Å². The largest absolute Gasteiger partial charge is 0.305 e. The fraction of sp³-hybridized carbons (Fsp3) is 0.316.